The van der Waals surface area contributed by atoms with Crippen LogP contribution in [0.15, 0.2) is 30.1 Å². The van der Waals surface area contributed by atoms with Crippen molar-refractivity contribution >= 4 is 17.7 Å². The first-order valence-corrected chi connectivity index (χ1v) is 3.97. The van der Waals surface area contributed by atoms with Crippen molar-refractivity contribution in [1.29, 1.82) is 0 Å². The van der Waals surface area contributed by atoms with E-state index < -0.39 is 12.0 Å². The first-order chi connectivity index (χ1) is 6.39. The number of hydrogen-bond donors (Lipinski definition) is 0. The van der Waals surface area contributed by atoms with Gasteiger partial charge >= 0.3 is 6.18 Å². The molecular weight excluding hydrogens is 220 g/mol. The molecule has 1 rings (SSSR count). The maximum absolute atomic E-state index is 12.4. The fourth-order valence-corrected chi connectivity index (χ4v) is 0.913. The zero-order valence-electron chi connectivity index (χ0n) is 6.78. The molecule has 1 aromatic rings. The molecule has 0 radical (unpaired) electrons. The lowest BCUT2D eigenvalue weighted by atomic mass is 10.2. The van der Waals surface area contributed by atoms with Gasteiger partial charge in [-0.2, -0.15) is 13.2 Å². The molecule has 1 aromatic carbocycles. The van der Waals surface area contributed by atoms with Gasteiger partial charge in [-0.3, -0.25) is 0 Å². The SMILES string of the molecule is F/C(=C/c1ccc(Cl)cc1)C(F)(F)F. The minimum atomic E-state index is -4.93. The molecule has 0 aromatic heterocycles. The van der Waals surface area contributed by atoms with Gasteiger partial charge in [-0.25, -0.2) is 4.39 Å². The van der Waals surface area contributed by atoms with Crippen LogP contribution in [0, 0.1) is 0 Å². The molecule has 0 heterocycles. The summed E-state index contributed by atoms with van der Waals surface area (Å²) in [4.78, 5) is 0. The molecular formula is C9H5ClF4. The van der Waals surface area contributed by atoms with Gasteiger partial charge in [-0.15, -0.1) is 0 Å². The van der Waals surface area contributed by atoms with Gasteiger partial charge < -0.3 is 0 Å². The summed E-state index contributed by atoms with van der Waals surface area (Å²) in [6.45, 7) is 0. The molecule has 0 saturated carbocycles. The van der Waals surface area contributed by atoms with E-state index in [4.69, 9.17) is 11.6 Å². The van der Waals surface area contributed by atoms with Crippen molar-refractivity contribution in [2.24, 2.45) is 0 Å². The van der Waals surface area contributed by atoms with Crippen LogP contribution in [0.2, 0.25) is 5.02 Å². The first-order valence-electron chi connectivity index (χ1n) is 3.59. The highest BCUT2D eigenvalue weighted by molar-refractivity contribution is 6.30. The Morgan fingerprint density at radius 2 is 1.64 bits per heavy atom. The Hall–Kier alpha value is -1.03. The van der Waals surface area contributed by atoms with Crippen molar-refractivity contribution in [3.63, 3.8) is 0 Å². The number of halogens is 5. The van der Waals surface area contributed by atoms with E-state index in [9.17, 15) is 17.6 Å². The smallest absolute Gasteiger partial charge is 0.202 e. The van der Waals surface area contributed by atoms with Gasteiger partial charge in [0.15, 0.2) is 0 Å². The third-order valence-corrected chi connectivity index (χ3v) is 1.69. The van der Waals surface area contributed by atoms with Crippen molar-refractivity contribution in [1.82, 2.24) is 0 Å². The molecule has 0 nitrogen and oxygen atoms in total. The van der Waals surface area contributed by atoms with E-state index >= 15 is 0 Å². The van der Waals surface area contributed by atoms with Crippen molar-refractivity contribution in [3.05, 3.63) is 40.7 Å². The molecule has 0 atom stereocenters. The van der Waals surface area contributed by atoms with E-state index in [2.05, 4.69) is 0 Å². The molecule has 76 valence electrons. The van der Waals surface area contributed by atoms with E-state index in [1.165, 1.54) is 24.3 Å². The van der Waals surface area contributed by atoms with Gasteiger partial charge in [-0.05, 0) is 23.8 Å². The van der Waals surface area contributed by atoms with Gasteiger partial charge in [0, 0.05) is 5.02 Å². The predicted octanol–water partition coefficient (Wildman–Crippen LogP) is 4.21. The molecule has 0 aliphatic carbocycles. The highest BCUT2D eigenvalue weighted by Gasteiger charge is 2.34. The number of alkyl halides is 3. The number of hydrogen-bond acceptors (Lipinski definition) is 0. The van der Waals surface area contributed by atoms with Gasteiger partial charge in [0.2, 0.25) is 5.83 Å². The summed E-state index contributed by atoms with van der Waals surface area (Å²) in [6.07, 6.45) is -4.52. The van der Waals surface area contributed by atoms with E-state index in [0.717, 1.165) is 0 Å². The van der Waals surface area contributed by atoms with Crippen LogP contribution in [0.4, 0.5) is 17.6 Å². The third kappa shape index (κ3) is 3.03. The molecule has 0 fully saturated rings. The Labute approximate surface area is 82.8 Å². The summed E-state index contributed by atoms with van der Waals surface area (Å²) >= 11 is 5.50. The summed E-state index contributed by atoms with van der Waals surface area (Å²) in [5.74, 6) is -2.13. The number of allylic oxidation sites excluding steroid dienone is 1. The summed E-state index contributed by atoms with van der Waals surface area (Å²) in [6, 6.07) is 5.37. The zero-order valence-corrected chi connectivity index (χ0v) is 7.53. The Morgan fingerprint density at radius 3 is 2.07 bits per heavy atom. The van der Waals surface area contributed by atoms with Crippen LogP contribution < -0.4 is 0 Å². The fourth-order valence-electron chi connectivity index (χ4n) is 0.787. The minimum absolute atomic E-state index is 0.115. The first kappa shape index (κ1) is 11.0. The average molecular weight is 225 g/mol. The number of rotatable bonds is 1. The van der Waals surface area contributed by atoms with Crippen molar-refractivity contribution in [2.75, 3.05) is 0 Å². The molecule has 0 N–H and O–H groups in total. The maximum atomic E-state index is 12.4. The highest BCUT2D eigenvalue weighted by atomic mass is 35.5. The van der Waals surface area contributed by atoms with Crippen LogP contribution in [0.1, 0.15) is 5.56 Å². The summed E-state index contributed by atoms with van der Waals surface area (Å²) in [7, 11) is 0. The lowest BCUT2D eigenvalue weighted by molar-refractivity contribution is -0.107. The molecule has 0 aliphatic heterocycles. The summed E-state index contributed by atoms with van der Waals surface area (Å²) in [5.41, 5.74) is 0.115. The highest BCUT2D eigenvalue weighted by Crippen LogP contribution is 2.28. The second-order valence-electron chi connectivity index (χ2n) is 2.54. The topological polar surface area (TPSA) is 0 Å². The van der Waals surface area contributed by atoms with Gasteiger partial charge in [0.1, 0.15) is 0 Å². The second-order valence-corrected chi connectivity index (χ2v) is 2.98. The van der Waals surface area contributed by atoms with Gasteiger partial charge in [0.05, 0.1) is 0 Å². The molecule has 14 heavy (non-hydrogen) atoms. The van der Waals surface area contributed by atoms with Crippen LogP contribution in [0.5, 0.6) is 0 Å². The largest absolute Gasteiger partial charge is 0.442 e. The van der Waals surface area contributed by atoms with E-state index in [1.54, 1.807) is 0 Å². The van der Waals surface area contributed by atoms with Crippen LogP contribution in [0.25, 0.3) is 6.08 Å². The van der Waals surface area contributed by atoms with Crippen LogP contribution in [0.3, 0.4) is 0 Å². The van der Waals surface area contributed by atoms with Gasteiger partial charge in [0.25, 0.3) is 0 Å². The quantitative estimate of drug-likeness (QED) is 0.627. The van der Waals surface area contributed by atoms with Crippen molar-refractivity contribution in [3.8, 4) is 0 Å². The summed E-state index contributed by atoms with van der Waals surface area (Å²) in [5, 5.41) is 0.384. The molecule has 0 aliphatic rings. The molecule has 0 bridgehead atoms. The third-order valence-electron chi connectivity index (χ3n) is 1.43. The van der Waals surface area contributed by atoms with E-state index in [1.807, 2.05) is 0 Å². The van der Waals surface area contributed by atoms with Crippen LogP contribution in [-0.4, -0.2) is 6.18 Å². The van der Waals surface area contributed by atoms with Crippen molar-refractivity contribution < 1.29 is 17.6 Å². The Bertz CT molecular complexity index is 337. The monoisotopic (exact) mass is 224 g/mol. The van der Waals surface area contributed by atoms with Crippen LogP contribution >= 0.6 is 11.6 Å². The normalized spacial score (nSPS) is 13.1. The van der Waals surface area contributed by atoms with Gasteiger partial charge in [-0.1, -0.05) is 23.7 Å². The van der Waals surface area contributed by atoms with E-state index in [-0.39, 0.29) is 5.56 Å². The molecule has 5 heteroatoms. The molecule has 0 saturated heterocycles. The Kier molecular flexibility index (Phi) is 3.16. The lowest BCUT2D eigenvalue weighted by Crippen LogP contribution is -2.07. The lowest BCUT2D eigenvalue weighted by Gasteiger charge is -2.02. The second kappa shape index (κ2) is 4.00. The molecule has 0 spiro atoms. The van der Waals surface area contributed by atoms with Crippen LogP contribution in [-0.2, 0) is 0 Å². The maximum Gasteiger partial charge on any atom is 0.442 e. The zero-order chi connectivity index (χ0) is 10.8. The standard InChI is InChI=1S/C9H5ClF4/c10-7-3-1-6(2-4-7)5-8(11)9(12,13)14/h1-5H/b8-5+. The molecule has 0 unspecified atom stereocenters. The van der Waals surface area contributed by atoms with E-state index in [0.29, 0.717) is 11.1 Å². The Balaban J connectivity index is 2.93. The summed E-state index contributed by atoms with van der Waals surface area (Å²) < 4.78 is 47.6. The predicted molar refractivity (Wildman–Crippen MR) is 46.6 cm³/mol. The fraction of sp³-hybridized carbons (Fsp3) is 0.111. The number of benzene rings is 1. The van der Waals surface area contributed by atoms with Crippen molar-refractivity contribution in [2.45, 2.75) is 6.18 Å². The average Bonchev–Trinajstić information content (AvgIpc) is 2.07. The minimum Gasteiger partial charge on any atom is -0.202 e. The Morgan fingerprint density at radius 1 is 1.14 bits per heavy atom. The molecule has 0 amide bonds.